The first-order valence-electron chi connectivity index (χ1n) is 10.00. The molecule has 0 atom stereocenters. The van der Waals surface area contributed by atoms with Crippen LogP contribution in [-0.2, 0) is 0 Å². The molecule has 1 heterocycles. The lowest BCUT2D eigenvalue weighted by Crippen LogP contribution is -2.07. The van der Waals surface area contributed by atoms with Crippen molar-refractivity contribution >= 4 is 0 Å². The molecular formula is C25H30N2O. The number of rotatable bonds is 6. The number of nitrogens with zero attached hydrogens (tertiary/aromatic N) is 2. The zero-order valence-corrected chi connectivity index (χ0v) is 17.7. The van der Waals surface area contributed by atoms with Gasteiger partial charge in [-0.15, -0.1) is 0 Å². The minimum absolute atomic E-state index is 0.427. The van der Waals surface area contributed by atoms with Crippen LogP contribution in [-0.4, -0.2) is 9.55 Å². The van der Waals surface area contributed by atoms with E-state index in [0.717, 1.165) is 22.9 Å². The molecule has 0 fully saturated rings. The van der Waals surface area contributed by atoms with Gasteiger partial charge in [-0.3, -0.25) is 4.57 Å². The van der Waals surface area contributed by atoms with Gasteiger partial charge in [0.1, 0.15) is 11.6 Å². The van der Waals surface area contributed by atoms with Gasteiger partial charge in [0.2, 0.25) is 0 Å². The summed E-state index contributed by atoms with van der Waals surface area (Å²) in [4.78, 5) is 4.70. The molecule has 3 nitrogen and oxygen atoms in total. The van der Waals surface area contributed by atoms with Crippen molar-refractivity contribution in [2.24, 2.45) is 0 Å². The Hall–Kier alpha value is -2.81. The molecule has 3 aromatic rings. The fourth-order valence-electron chi connectivity index (χ4n) is 3.43. The standard InChI is InChI=1S/C25H30N2O/c1-7-19(6)28-21-11-8-10-20(16-21)25-26-14-15-27(25)24-22(17(2)3)12-9-13-23(24)18(4)5/h7-18H,1-6H3. The maximum absolute atomic E-state index is 5.90. The highest BCUT2D eigenvalue weighted by atomic mass is 16.5. The second kappa shape index (κ2) is 8.47. The van der Waals surface area contributed by atoms with Gasteiger partial charge in [-0.2, -0.15) is 0 Å². The third kappa shape index (κ3) is 4.04. The van der Waals surface area contributed by atoms with Gasteiger partial charge in [-0.25, -0.2) is 4.98 Å². The topological polar surface area (TPSA) is 27.1 Å². The van der Waals surface area contributed by atoms with E-state index in [0.29, 0.717) is 11.8 Å². The van der Waals surface area contributed by atoms with Crippen LogP contribution in [0.5, 0.6) is 5.75 Å². The molecule has 0 bridgehead atoms. The summed E-state index contributed by atoms with van der Waals surface area (Å²) >= 11 is 0. The normalized spacial score (nSPS) is 12.1. The van der Waals surface area contributed by atoms with Gasteiger partial charge in [0.15, 0.2) is 0 Å². The summed E-state index contributed by atoms with van der Waals surface area (Å²) in [5, 5.41) is 0. The molecule has 2 aromatic carbocycles. The quantitative estimate of drug-likeness (QED) is 0.431. The maximum Gasteiger partial charge on any atom is 0.144 e. The lowest BCUT2D eigenvalue weighted by atomic mass is 9.92. The van der Waals surface area contributed by atoms with Crippen LogP contribution >= 0.6 is 0 Å². The van der Waals surface area contributed by atoms with Crippen molar-refractivity contribution < 1.29 is 4.74 Å². The lowest BCUT2D eigenvalue weighted by Gasteiger charge is -2.22. The molecular weight excluding hydrogens is 344 g/mol. The smallest absolute Gasteiger partial charge is 0.144 e. The van der Waals surface area contributed by atoms with Crippen LogP contribution in [0.1, 0.15) is 64.5 Å². The van der Waals surface area contributed by atoms with Crippen molar-refractivity contribution in [3.8, 4) is 22.8 Å². The van der Waals surface area contributed by atoms with E-state index in [-0.39, 0.29) is 0 Å². The van der Waals surface area contributed by atoms with Crippen molar-refractivity contribution in [1.82, 2.24) is 9.55 Å². The minimum Gasteiger partial charge on any atom is -0.462 e. The van der Waals surface area contributed by atoms with Gasteiger partial charge in [0.25, 0.3) is 0 Å². The largest absolute Gasteiger partial charge is 0.462 e. The highest BCUT2D eigenvalue weighted by Crippen LogP contribution is 2.34. The summed E-state index contributed by atoms with van der Waals surface area (Å²) in [5.74, 6) is 3.49. The van der Waals surface area contributed by atoms with Crippen molar-refractivity contribution in [1.29, 1.82) is 0 Å². The molecule has 3 heteroatoms. The van der Waals surface area contributed by atoms with Crippen molar-refractivity contribution in [2.45, 2.75) is 53.4 Å². The second-order valence-electron chi connectivity index (χ2n) is 7.74. The van der Waals surface area contributed by atoms with E-state index in [2.05, 4.69) is 68.8 Å². The number of hydrogen-bond donors (Lipinski definition) is 0. The van der Waals surface area contributed by atoms with E-state index in [1.54, 1.807) is 0 Å². The highest BCUT2D eigenvalue weighted by Gasteiger charge is 2.18. The van der Waals surface area contributed by atoms with Crippen LogP contribution in [0.15, 0.2) is 66.7 Å². The van der Waals surface area contributed by atoms with E-state index >= 15 is 0 Å². The van der Waals surface area contributed by atoms with E-state index in [4.69, 9.17) is 9.72 Å². The molecule has 3 rings (SSSR count). The van der Waals surface area contributed by atoms with Crippen LogP contribution in [0.4, 0.5) is 0 Å². The Bertz CT molecular complexity index is 953. The van der Waals surface area contributed by atoms with Crippen molar-refractivity contribution in [2.75, 3.05) is 0 Å². The first-order valence-corrected chi connectivity index (χ1v) is 10.00. The molecule has 0 aliphatic carbocycles. The molecule has 28 heavy (non-hydrogen) atoms. The Morgan fingerprint density at radius 1 is 1.00 bits per heavy atom. The van der Waals surface area contributed by atoms with Crippen molar-refractivity contribution in [3.05, 3.63) is 77.8 Å². The summed E-state index contributed by atoms with van der Waals surface area (Å²) in [7, 11) is 0. The third-order valence-corrected chi connectivity index (χ3v) is 5.00. The van der Waals surface area contributed by atoms with Crippen LogP contribution in [0.2, 0.25) is 0 Å². The Morgan fingerprint density at radius 3 is 2.25 bits per heavy atom. The molecule has 0 spiro atoms. The lowest BCUT2D eigenvalue weighted by molar-refractivity contribution is 0.427. The average molecular weight is 375 g/mol. The van der Waals surface area contributed by atoms with Crippen LogP contribution in [0, 0.1) is 0 Å². The number of para-hydroxylation sites is 1. The Kier molecular flexibility index (Phi) is 6.03. The van der Waals surface area contributed by atoms with Crippen LogP contribution < -0.4 is 4.74 Å². The predicted molar refractivity (Wildman–Crippen MR) is 117 cm³/mol. The summed E-state index contributed by atoms with van der Waals surface area (Å²) < 4.78 is 8.12. The second-order valence-corrected chi connectivity index (χ2v) is 7.74. The number of ether oxygens (including phenoxy) is 1. The van der Waals surface area contributed by atoms with Crippen LogP contribution in [0.25, 0.3) is 17.1 Å². The zero-order valence-electron chi connectivity index (χ0n) is 17.7. The van der Waals surface area contributed by atoms with Gasteiger partial charge in [-0.05, 0) is 55.0 Å². The molecule has 0 aliphatic rings. The van der Waals surface area contributed by atoms with Gasteiger partial charge < -0.3 is 4.74 Å². The number of allylic oxidation sites excluding steroid dienone is 2. The van der Waals surface area contributed by atoms with Gasteiger partial charge in [-0.1, -0.05) is 58.0 Å². The fraction of sp³-hybridized carbons (Fsp3) is 0.320. The third-order valence-electron chi connectivity index (χ3n) is 5.00. The number of benzene rings is 2. The molecule has 0 amide bonds. The molecule has 146 valence electrons. The van der Waals surface area contributed by atoms with Crippen LogP contribution in [0.3, 0.4) is 0 Å². The molecule has 0 aliphatic heterocycles. The van der Waals surface area contributed by atoms with E-state index in [9.17, 15) is 0 Å². The Labute approximate surface area is 168 Å². The fourth-order valence-corrected chi connectivity index (χ4v) is 3.43. The minimum atomic E-state index is 0.427. The predicted octanol–water partition coefficient (Wildman–Crippen LogP) is 7.09. The van der Waals surface area contributed by atoms with E-state index < -0.39 is 0 Å². The van der Waals surface area contributed by atoms with Gasteiger partial charge in [0.05, 0.1) is 11.4 Å². The first-order chi connectivity index (χ1) is 13.4. The number of imidazole rings is 1. The first kappa shape index (κ1) is 19.9. The Balaban J connectivity index is 2.15. The average Bonchev–Trinajstić information content (AvgIpc) is 3.16. The van der Waals surface area contributed by atoms with Gasteiger partial charge >= 0.3 is 0 Å². The van der Waals surface area contributed by atoms with Crippen molar-refractivity contribution in [3.63, 3.8) is 0 Å². The Morgan fingerprint density at radius 2 is 1.64 bits per heavy atom. The van der Waals surface area contributed by atoms with E-state index in [1.165, 1.54) is 16.8 Å². The summed E-state index contributed by atoms with van der Waals surface area (Å²) in [6.45, 7) is 12.9. The molecule has 0 saturated heterocycles. The summed E-state index contributed by atoms with van der Waals surface area (Å²) in [5.41, 5.74) is 4.96. The SMILES string of the molecule is CC=C(C)Oc1cccc(-c2nccn2-c2c(C(C)C)cccc2C(C)C)c1. The summed E-state index contributed by atoms with van der Waals surface area (Å²) in [6, 6.07) is 14.8. The molecule has 0 radical (unpaired) electrons. The number of aromatic nitrogens is 2. The highest BCUT2D eigenvalue weighted by molar-refractivity contribution is 5.63. The molecule has 0 unspecified atom stereocenters. The number of hydrogen-bond acceptors (Lipinski definition) is 2. The van der Waals surface area contributed by atoms with Gasteiger partial charge in [0, 0.05) is 18.0 Å². The summed E-state index contributed by atoms with van der Waals surface area (Å²) in [6.07, 6.45) is 5.90. The monoisotopic (exact) mass is 374 g/mol. The maximum atomic E-state index is 5.90. The molecule has 0 N–H and O–H groups in total. The van der Waals surface area contributed by atoms with E-state index in [1.807, 2.05) is 38.3 Å². The molecule has 0 saturated carbocycles. The zero-order chi connectivity index (χ0) is 20.3. The molecule has 1 aromatic heterocycles.